The molecule has 0 aromatic carbocycles. The predicted octanol–water partition coefficient (Wildman–Crippen LogP) is 4.05. The smallest absolute Gasteiger partial charge is 0.223 e. The van der Waals surface area contributed by atoms with Crippen LogP contribution in [0, 0.1) is 24.2 Å². The van der Waals surface area contributed by atoms with E-state index in [1.54, 1.807) is 33.1 Å². The molecule has 2 fully saturated rings. The highest BCUT2D eigenvalue weighted by atomic mass is 32.1. The number of epoxide rings is 1. The first-order valence-corrected chi connectivity index (χ1v) is 13.3. The molecule has 1 unspecified atom stereocenters. The van der Waals surface area contributed by atoms with Crippen LogP contribution in [0.4, 0.5) is 0 Å². The molecule has 1 aromatic heterocycles. The number of aryl methyl sites for hydroxylation is 1. The van der Waals surface area contributed by atoms with Crippen molar-refractivity contribution in [2.24, 2.45) is 17.3 Å². The Bertz CT molecular complexity index is 1100. The van der Waals surface area contributed by atoms with Crippen molar-refractivity contribution < 1.29 is 30.0 Å². The summed E-state index contributed by atoms with van der Waals surface area (Å²) in [6, 6.07) is -1.33. The number of Topliss-reactive ketones (excluding diaryl/α,β-unsaturated/α-hetero) is 1. The van der Waals surface area contributed by atoms with E-state index in [0.717, 1.165) is 6.42 Å². The van der Waals surface area contributed by atoms with Gasteiger partial charge in [-0.15, -0.1) is 11.3 Å². The Hall–Kier alpha value is -1.61. The lowest BCUT2D eigenvalue weighted by atomic mass is 9.72. The average Bonchev–Trinajstić information content (AvgIpc) is 3.23. The maximum Gasteiger partial charge on any atom is 0.223 e. The Morgan fingerprint density at radius 3 is 2.69 bits per heavy atom. The van der Waals surface area contributed by atoms with E-state index in [0.29, 0.717) is 17.8 Å². The van der Waals surface area contributed by atoms with Crippen molar-refractivity contribution >= 4 is 29.1 Å². The number of amides is 1. The van der Waals surface area contributed by atoms with Crippen molar-refractivity contribution in [2.45, 2.75) is 110 Å². The van der Waals surface area contributed by atoms with Crippen molar-refractivity contribution in [3.63, 3.8) is 0 Å². The number of nitrogens with one attached hydrogen (secondary N) is 1. The van der Waals surface area contributed by atoms with Gasteiger partial charge >= 0.3 is 0 Å². The number of rotatable bonds is 2. The Balaban J connectivity index is 2.01. The van der Waals surface area contributed by atoms with Crippen LogP contribution in [0.2, 0.25) is 0 Å². The van der Waals surface area contributed by atoms with Crippen LogP contribution >= 0.6 is 11.3 Å². The van der Waals surface area contributed by atoms with E-state index in [-0.39, 0.29) is 41.5 Å². The predicted molar refractivity (Wildman–Crippen MR) is 138 cm³/mol. The van der Waals surface area contributed by atoms with Gasteiger partial charge in [-0.2, -0.15) is 0 Å². The van der Waals surface area contributed by atoms with E-state index in [2.05, 4.69) is 10.3 Å². The number of hydrogen-bond acceptors (Lipinski definition) is 7. The van der Waals surface area contributed by atoms with Crippen LogP contribution < -0.4 is 5.32 Å². The number of aromatic nitrogens is 1. The summed E-state index contributed by atoms with van der Waals surface area (Å²) in [5.41, 5.74) is -1.88. The maximum atomic E-state index is 13.3. The van der Waals surface area contributed by atoms with Gasteiger partial charge in [0.1, 0.15) is 5.78 Å². The highest BCUT2D eigenvalue weighted by Gasteiger charge is 2.52. The Morgan fingerprint density at radius 1 is 1.34 bits per heavy atom. The molecule has 35 heavy (non-hydrogen) atoms. The van der Waals surface area contributed by atoms with Crippen molar-refractivity contribution in [3.8, 4) is 0 Å². The number of aliphatic hydroxyl groups excluding tert-OH is 2. The summed E-state index contributed by atoms with van der Waals surface area (Å²) in [6.07, 6.45) is -0.887. The number of fused-ring (bicyclic) bond motifs is 1. The van der Waals surface area contributed by atoms with Gasteiger partial charge in [0.2, 0.25) is 5.91 Å². The summed E-state index contributed by atoms with van der Waals surface area (Å²) in [5, 5.41) is 26.9. The zero-order valence-electron chi connectivity index (χ0n) is 25.6. The highest BCUT2D eigenvalue weighted by molar-refractivity contribution is 7.09. The van der Waals surface area contributed by atoms with Gasteiger partial charge in [-0.1, -0.05) is 34.1 Å². The third-order valence-corrected chi connectivity index (χ3v) is 8.51. The summed E-state index contributed by atoms with van der Waals surface area (Å²) in [6.45, 7) is 7.62. The monoisotopic (exact) mass is 510 g/mol. The van der Waals surface area contributed by atoms with Gasteiger partial charge in [0.15, 0.2) is 0 Å². The largest absolute Gasteiger partial charge is 0.392 e. The lowest BCUT2D eigenvalue weighted by molar-refractivity contribution is -0.143. The van der Waals surface area contributed by atoms with E-state index in [9.17, 15) is 19.8 Å². The fraction of sp³-hybridized carbons (Fsp3) is 0.741. The van der Waals surface area contributed by atoms with E-state index in [1.807, 2.05) is 13.8 Å². The third-order valence-electron chi connectivity index (χ3n) is 7.74. The molecule has 196 valence electrons. The van der Waals surface area contributed by atoms with Gasteiger partial charge in [-0.25, -0.2) is 4.98 Å². The van der Waals surface area contributed by atoms with Crippen molar-refractivity contribution in [3.05, 3.63) is 21.7 Å². The molecule has 1 amide bonds. The van der Waals surface area contributed by atoms with Gasteiger partial charge < -0.3 is 20.3 Å². The molecule has 0 saturated carbocycles. The molecule has 0 bridgehead atoms. The minimum Gasteiger partial charge on any atom is -0.392 e. The van der Waals surface area contributed by atoms with Crippen molar-refractivity contribution in [2.75, 3.05) is 0 Å². The Labute approximate surface area is 219 Å². The Morgan fingerprint density at radius 2 is 2.06 bits per heavy atom. The number of ketones is 1. The first-order chi connectivity index (χ1) is 17.9. The van der Waals surface area contributed by atoms with Crippen LogP contribution in [0.15, 0.2) is 11.0 Å². The number of ether oxygens (including phenoxy) is 1. The molecule has 0 spiro atoms. The number of nitrogens with zero attached hydrogens (tertiary/aromatic N) is 1. The lowest BCUT2D eigenvalue weighted by Crippen LogP contribution is -2.47. The molecule has 3 heterocycles. The number of carbonyl (C=O) groups is 2. The topological polar surface area (TPSA) is 112 Å². The molecule has 2 aliphatic heterocycles. The quantitative estimate of drug-likeness (QED) is 0.518. The number of aliphatic hydroxyl groups is 2. The molecular weight excluding hydrogens is 464 g/mol. The fourth-order valence-corrected chi connectivity index (χ4v) is 5.49. The maximum absolute atomic E-state index is 13.3. The minimum atomic E-state index is -2.70. The van der Waals surface area contributed by atoms with Crippen molar-refractivity contribution in [1.82, 2.24) is 10.3 Å². The SMILES string of the molecule is [2H]/C(=C(\[C@@H]1CC2O[C@@]2(C)CCC[C@@H](C)[C@@H](O)[C@@H](C)C(=O)C(C)(C)[C@@H](O)CC(=O)N1)C([2H])([2H])[2H])c1csc(C)n1. The van der Waals surface area contributed by atoms with Gasteiger partial charge in [-0.05, 0) is 51.1 Å². The first-order valence-electron chi connectivity index (χ1n) is 14.4. The normalized spacial score (nSPS) is 39.8. The molecule has 7 nitrogen and oxygen atoms in total. The number of hydrogen-bond donors (Lipinski definition) is 3. The fourth-order valence-electron chi connectivity index (χ4n) is 4.95. The molecule has 7 atom stereocenters. The van der Waals surface area contributed by atoms with E-state index >= 15 is 0 Å². The van der Waals surface area contributed by atoms with Crippen LogP contribution in [-0.2, 0) is 14.3 Å². The molecule has 3 N–H and O–H groups in total. The van der Waals surface area contributed by atoms with Gasteiger partial charge in [0.05, 0.1) is 53.9 Å². The zero-order valence-corrected chi connectivity index (χ0v) is 22.4. The van der Waals surface area contributed by atoms with E-state index in [1.165, 1.54) is 11.3 Å². The summed E-state index contributed by atoms with van der Waals surface area (Å²) in [7, 11) is 0. The average molecular weight is 511 g/mol. The molecule has 2 saturated heterocycles. The lowest BCUT2D eigenvalue weighted by Gasteiger charge is -2.34. The van der Waals surface area contributed by atoms with Crippen LogP contribution in [0.3, 0.4) is 0 Å². The second kappa shape index (κ2) is 10.8. The van der Waals surface area contributed by atoms with Crippen LogP contribution in [0.5, 0.6) is 0 Å². The third kappa shape index (κ3) is 6.59. The summed E-state index contributed by atoms with van der Waals surface area (Å²) < 4.78 is 39.5. The summed E-state index contributed by atoms with van der Waals surface area (Å²) in [5.74, 6) is -1.90. The molecule has 0 radical (unpaired) electrons. The standard InChI is InChI=1S/C27H42N2O5S/c1-15-9-8-10-27(7)22(34-27)12-20(16(2)11-19-14-35-18(4)28-19)29-23(31)13-21(30)26(5,6)25(33)17(3)24(15)32/h11,14-15,17,20-22,24,30,32H,8-10,12-13H2,1-7H3,(H,29,31)/b16-11+/t15-,17-,20+,21+,22?,24-,27+/m1/s1/i2D3,11D. The van der Waals surface area contributed by atoms with Gasteiger partial charge in [0.25, 0.3) is 0 Å². The number of carbonyl (C=O) groups excluding carboxylic acids is 2. The van der Waals surface area contributed by atoms with Gasteiger partial charge in [0, 0.05) is 21.8 Å². The van der Waals surface area contributed by atoms with Crippen LogP contribution in [0.25, 0.3) is 6.05 Å². The second-order valence-corrected chi connectivity index (χ2v) is 12.1. The minimum absolute atomic E-state index is 0.134. The van der Waals surface area contributed by atoms with Crippen LogP contribution in [0.1, 0.15) is 89.8 Å². The highest BCUT2D eigenvalue weighted by Crippen LogP contribution is 2.44. The molecule has 3 rings (SSSR count). The van der Waals surface area contributed by atoms with Crippen LogP contribution in [-0.4, -0.2) is 56.8 Å². The van der Waals surface area contributed by atoms with Crippen molar-refractivity contribution in [1.29, 1.82) is 0 Å². The van der Waals surface area contributed by atoms with Gasteiger partial charge in [-0.3, -0.25) is 9.59 Å². The number of thiazole rings is 1. The molecule has 1 aromatic rings. The molecule has 2 aliphatic rings. The Kier molecular flexibility index (Phi) is 6.96. The summed E-state index contributed by atoms with van der Waals surface area (Å²) >= 11 is 1.30. The molecular formula is C27H42N2O5S. The zero-order chi connectivity index (χ0) is 29.5. The molecule has 8 heteroatoms. The van der Waals surface area contributed by atoms with E-state index in [4.69, 9.17) is 10.2 Å². The molecule has 0 aliphatic carbocycles. The summed E-state index contributed by atoms with van der Waals surface area (Å²) in [4.78, 5) is 30.8. The van der Waals surface area contributed by atoms with E-state index < -0.39 is 54.4 Å². The second-order valence-electron chi connectivity index (χ2n) is 11.0. The first kappa shape index (κ1) is 22.6.